The predicted octanol–water partition coefficient (Wildman–Crippen LogP) is 4.25. The summed E-state index contributed by atoms with van der Waals surface area (Å²) >= 11 is 0. The van der Waals surface area contributed by atoms with Crippen LogP contribution in [0.5, 0.6) is 0 Å². The zero-order chi connectivity index (χ0) is 24.7. The fraction of sp³-hybridized carbons (Fsp3) is 0.654. The van der Waals surface area contributed by atoms with Crippen molar-refractivity contribution in [3.63, 3.8) is 0 Å². The number of hydrogen-bond donors (Lipinski definition) is 3. The second-order valence-corrected chi connectivity index (χ2v) is 10.3. The molecule has 1 saturated carbocycles. The van der Waals surface area contributed by atoms with Crippen LogP contribution in [0.3, 0.4) is 0 Å². The maximum Gasteiger partial charge on any atom is 0.164 e. The Labute approximate surface area is 207 Å². The average Bonchev–Trinajstić information content (AvgIpc) is 2.86. The molecule has 3 N–H and O–H groups in total. The van der Waals surface area contributed by atoms with E-state index in [1.807, 2.05) is 6.07 Å². The van der Waals surface area contributed by atoms with Crippen molar-refractivity contribution in [2.45, 2.75) is 70.5 Å². The van der Waals surface area contributed by atoms with Crippen molar-refractivity contribution < 1.29 is 13.9 Å². The molecule has 192 valence electrons. The van der Waals surface area contributed by atoms with Gasteiger partial charge in [0.2, 0.25) is 0 Å². The van der Waals surface area contributed by atoms with Crippen LogP contribution in [0.15, 0.2) is 24.5 Å². The van der Waals surface area contributed by atoms with Crippen molar-refractivity contribution in [2.75, 3.05) is 44.1 Å². The van der Waals surface area contributed by atoms with Crippen molar-refractivity contribution in [3.05, 3.63) is 30.3 Å². The molecule has 0 aromatic carbocycles. The minimum Gasteiger partial charge on any atom is -0.383 e. The van der Waals surface area contributed by atoms with Crippen molar-refractivity contribution in [1.29, 1.82) is 0 Å². The van der Waals surface area contributed by atoms with Gasteiger partial charge in [-0.25, -0.2) is 19.3 Å². The quantitative estimate of drug-likeness (QED) is 0.459. The van der Waals surface area contributed by atoms with Gasteiger partial charge >= 0.3 is 0 Å². The van der Waals surface area contributed by atoms with E-state index in [1.54, 1.807) is 19.4 Å². The molecule has 35 heavy (non-hydrogen) atoms. The highest BCUT2D eigenvalue weighted by Gasteiger charge is 2.27. The lowest BCUT2D eigenvalue weighted by Gasteiger charge is -2.33. The van der Waals surface area contributed by atoms with Gasteiger partial charge in [-0.2, -0.15) is 0 Å². The molecule has 2 aliphatic rings. The Kier molecular flexibility index (Phi) is 8.86. The van der Waals surface area contributed by atoms with Crippen molar-refractivity contribution in [2.24, 2.45) is 5.41 Å². The van der Waals surface area contributed by atoms with E-state index in [4.69, 9.17) is 9.47 Å². The molecule has 2 aromatic heterocycles. The summed E-state index contributed by atoms with van der Waals surface area (Å²) < 4.78 is 25.4. The highest BCUT2D eigenvalue weighted by atomic mass is 19.1. The summed E-state index contributed by atoms with van der Waals surface area (Å²) in [6.07, 6.45) is 9.18. The standard InChI is InChI=1S/C26H39FN6O2/c1-18(16-34-3)31-19-4-6-20(7-5-19)32-24-14-21(22(27)15-29-24)25-28-11-8-23(33-25)30-17-26(2)9-12-35-13-10-26/h8,11,14-15,18-20,31H,4-7,9-10,12-13,16-17H2,1-3H3,(H,29,32)(H,28,30,33). The molecule has 3 heterocycles. The summed E-state index contributed by atoms with van der Waals surface area (Å²) in [5.74, 6) is 1.28. The Bertz CT molecular complexity index is 947. The molecule has 4 rings (SSSR count). The lowest BCUT2D eigenvalue weighted by molar-refractivity contribution is 0.0300. The van der Waals surface area contributed by atoms with Gasteiger partial charge in [-0.05, 0) is 63.0 Å². The molecule has 0 radical (unpaired) electrons. The number of aromatic nitrogens is 3. The number of nitrogens with zero attached hydrogens (tertiary/aromatic N) is 3. The van der Waals surface area contributed by atoms with Crippen LogP contribution < -0.4 is 16.0 Å². The Morgan fingerprint density at radius 3 is 2.63 bits per heavy atom. The number of pyridine rings is 1. The van der Waals surface area contributed by atoms with Gasteiger partial charge in [-0.1, -0.05) is 6.92 Å². The van der Waals surface area contributed by atoms with E-state index in [2.05, 4.69) is 44.7 Å². The number of anilines is 2. The van der Waals surface area contributed by atoms with Crippen molar-refractivity contribution >= 4 is 11.6 Å². The molecule has 8 nitrogen and oxygen atoms in total. The van der Waals surface area contributed by atoms with Crippen LogP contribution in [0.4, 0.5) is 16.0 Å². The summed E-state index contributed by atoms with van der Waals surface area (Å²) in [6.45, 7) is 7.49. The molecule has 0 spiro atoms. The van der Waals surface area contributed by atoms with Gasteiger partial charge < -0.3 is 25.4 Å². The molecule has 1 saturated heterocycles. The molecule has 1 aliphatic carbocycles. The normalized spacial score (nSPS) is 23.0. The summed E-state index contributed by atoms with van der Waals surface area (Å²) in [5.41, 5.74) is 0.519. The van der Waals surface area contributed by atoms with Crippen LogP contribution in [0.25, 0.3) is 11.4 Å². The number of ether oxygens (including phenoxy) is 2. The number of halogens is 1. The maximum absolute atomic E-state index is 14.7. The molecule has 2 aromatic rings. The van der Waals surface area contributed by atoms with Gasteiger partial charge in [0.05, 0.1) is 18.4 Å². The smallest absolute Gasteiger partial charge is 0.164 e. The maximum atomic E-state index is 14.7. The highest BCUT2D eigenvalue weighted by molar-refractivity contribution is 5.61. The molecule has 1 unspecified atom stereocenters. The highest BCUT2D eigenvalue weighted by Crippen LogP contribution is 2.30. The number of rotatable bonds is 10. The largest absolute Gasteiger partial charge is 0.383 e. The lowest BCUT2D eigenvalue weighted by Crippen LogP contribution is -2.42. The van der Waals surface area contributed by atoms with Gasteiger partial charge in [-0.15, -0.1) is 0 Å². The van der Waals surface area contributed by atoms with E-state index in [-0.39, 0.29) is 5.41 Å². The minimum atomic E-state index is -0.427. The SMILES string of the molecule is COCC(C)NC1CCC(Nc2cc(-c3nccc(NCC4(C)CCOCC4)n3)c(F)cn2)CC1. The molecule has 0 bridgehead atoms. The Morgan fingerprint density at radius 1 is 1.14 bits per heavy atom. The number of nitrogens with one attached hydrogen (secondary N) is 3. The first-order chi connectivity index (χ1) is 16.9. The Hall–Kier alpha value is -2.36. The fourth-order valence-electron chi connectivity index (χ4n) is 4.93. The van der Waals surface area contributed by atoms with Gasteiger partial charge in [0.15, 0.2) is 11.6 Å². The first kappa shape index (κ1) is 25.7. The lowest BCUT2D eigenvalue weighted by atomic mass is 9.82. The second-order valence-electron chi connectivity index (χ2n) is 10.3. The molecule has 1 aliphatic heterocycles. The van der Waals surface area contributed by atoms with Crippen molar-refractivity contribution in [1.82, 2.24) is 20.3 Å². The van der Waals surface area contributed by atoms with Crippen LogP contribution in [0.1, 0.15) is 52.4 Å². The van der Waals surface area contributed by atoms with Crippen LogP contribution in [-0.4, -0.2) is 66.6 Å². The first-order valence-corrected chi connectivity index (χ1v) is 12.8. The van der Waals surface area contributed by atoms with Crippen LogP contribution >= 0.6 is 0 Å². The van der Waals surface area contributed by atoms with Crippen LogP contribution in [-0.2, 0) is 9.47 Å². The van der Waals surface area contributed by atoms with E-state index in [9.17, 15) is 4.39 Å². The summed E-state index contributed by atoms with van der Waals surface area (Å²) in [7, 11) is 1.73. The van der Waals surface area contributed by atoms with E-state index in [0.717, 1.165) is 58.3 Å². The predicted molar refractivity (Wildman–Crippen MR) is 136 cm³/mol. The van der Waals surface area contributed by atoms with Gasteiger partial charge in [-0.3, -0.25) is 0 Å². The molecule has 0 amide bonds. The second kappa shape index (κ2) is 12.1. The Morgan fingerprint density at radius 2 is 1.89 bits per heavy atom. The molecule has 2 fully saturated rings. The van der Waals surface area contributed by atoms with Gasteiger partial charge in [0.25, 0.3) is 0 Å². The first-order valence-electron chi connectivity index (χ1n) is 12.8. The summed E-state index contributed by atoms with van der Waals surface area (Å²) in [4.78, 5) is 13.2. The third-order valence-corrected chi connectivity index (χ3v) is 7.16. The Balaban J connectivity index is 1.36. The molecule has 1 atom stereocenters. The van der Waals surface area contributed by atoms with Gasteiger partial charge in [0.1, 0.15) is 11.6 Å². The summed E-state index contributed by atoms with van der Waals surface area (Å²) in [5, 5.41) is 10.5. The van der Waals surface area contributed by atoms with Crippen LogP contribution in [0, 0.1) is 11.2 Å². The fourth-order valence-corrected chi connectivity index (χ4v) is 4.93. The van der Waals surface area contributed by atoms with Crippen molar-refractivity contribution in [3.8, 4) is 11.4 Å². The average molecular weight is 487 g/mol. The zero-order valence-electron chi connectivity index (χ0n) is 21.1. The third kappa shape index (κ3) is 7.32. The summed E-state index contributed by atoms with van der Waals surface area (Å²) in [6, 6.07) is 4.71. The third-order valence-electron chi connectivity index (χ3n) is 7.16. The minimum absolute atomic E-state index is 0.165. The zero-order valence-corrected chi connectivity index (χ0v) is 21.1. The number of hydrogen-bond acceptors (Lipinski definition) is 8. The van der Waals surface area contributed by atoms with E-state index in [1.165, 1.54) is 6.20 Å². The molecular formula is C26H39FN6O2. The topological polar surface area (TPSA) is 93.2 Å². The molecule has 9 heteroatoms. The number of methoxy groups -OCH3 is 1. The van der Waals surface area contributed by atoms with Gasteiger partial charge in [0, 0.05) is 51.2 Å². The molecular weight excluding hydrogens is 447 g/mol. The monoisotopic (exact) mass is 486 g/mol. The van der Waals surface area contributed by atoms with E-state index >= 15 is 0 Å². The van der Waals surface area contributed by atoms with Crippen LogP contribution in [0.2, 0.25) is 0 Å². The van der Waals surface area contributed by atoms with E-state index < -0.39 is 5.82 Å². The van der Waals surface area contributed by atoms with E-state index in [0.29, 0.717) is 47.8 Å².